The van der Waals surface area contributed by atoms with Crippen LogP contribution in [0.1, 0.15) is 11.1 Å². The molecule has 33 heavy (non-hydrogen) atoms. The van der Waals surface area contributed by atoms with Crippen LogP contribution in [0.5, 0.6) is 0 Å². The highest BCUT2D eigenvalue weighted by atomic mass is 32.2. The van der Waals surface area contributed by atoms with Crippen molar-refractivity contribution < 1.29 is 9.59 Å². The molecule has 1 heterocycles. The molecule has 5 rings (SSSR count). The van der Waals surface area contributed by atoms with E-state index in [0.29, 0.717) is 18.0 Å². The highest BCUT2D eigenvalue weighted by Gasteiger charge is 2.25. The molecule has 0 atom stereocenters. The van der Waals surface area contributed by atoms with Crippen molar-refractivity contribution in [1.29, 1.82) is 0 Å². The van der Waals surface area contributed by atoms with E-state index in [2.05, 4.69) is 22.8 Å². The number of carbonyl (C=O) groups excluding carboxylic acids is 2. The van der Waals surface area contributed by atoms with Gasteiger partial charge < -0.3 is 15.5 Å². The van der Waals surface area contributed by atoms with Gasteiger partial charge in [0, 0.05) is 16.0 Å². The van der Waals surface area contributed by atoms with Crippen LogP contribution < -0.4 is 15.5 Å². The lowest BCUT2D eigenvalue weighted by Crippen LogP contribution is -2.34. The Morgan fingerprint density at radius 2 is 1.73 bits per heavy atom. The molecule has 4 aromatic rings. The van der Waals surface area contributed by atoms with Crippen molar-refractivity contribution in [3.05, 3.63) is 96.1 Å². The summed E-state index contributed by atoms with van der Waals surface area (Å²) in [5.41, 5.74) is 4.45. The fourth-order valence-electron chi connectivity index (χ4n) is 3.95. The van der Waals surface area contributed by atoms with E-state index >= 15 is 0 Å². The maximum Gasteiger partial charge on any atom is 0.323 e. The summed E-state index contributed by atoms with van der Waals surface area (Å²) < 4.78 is 0. The van der Waals surface area contributed by atoms with Gasteiger partial charge in [-0.1, -0.05) is 66.2 Å². The molecular weight excluding hydrogens is 430 g/mol. The fraction of sp³-hybridized carbons (Fsp3) is 0.111. The molecule has 0 bridgehead atoms. The van der Waals surface area contributed by atoms with Gasteiger partial charge in [-0.05, 0) is 42.1 Å². The summed E-state index contributed by atoms with van der Waals surface area (Å²) >= 11 is 1.53. The Hall–Kier alpha value is -3.77. The highest BCUT2D eigenvalue weighted by molar-refractivity contribution is 8.00. The van der Waals surface area contributed by atoms with Crippen LogP contribution in [0.4, 0.5) is 21.9 Å². The van der Waals surface area contributed by atoms with Crippen molar-refractivity contribution in [2.75, 3.05) is 21.3 Å². The van der Waals surface area contributed by atoms with Crippen LogP contribution in [-0.4, -0.2) is 17.7 Å². The number of hydrogen-bond acceptors (Lipinski definition) is 3. The van der Waals surface area contributed by atoms with Crippen molar-refractivity contribution in [3.8, 4) is 0 Å². The van der Waals surface area contributed by atoms with Gasteiger partial charge in [0.05, 0.1) is 23.7 Å². The van der Waals surface area contributed by atoms with Crippen molar-refractivity contribution >= 4 is 51.5 Å². The van der Waals surface area contributed by atoms with Gasteiger partial charge >= 0.3 is 6.03 Å². The monoisotopic (exact) mass is 453 g/mol. The van der Waals surface area contributed by atoms with Crippen LogP contribution in [0.3, 0.4) is 0 Å². The molecule has 0 aromatic heterocycles. The number of aryl methyl sites for hydroxylation is 1. The maximum absolute atomic E-state index is 12.8. The third kappa shape index (κ3) is 4.56. The van der Waals surface area contributed by atoms with Crippen LogP contribution in [0, 0.1) is 6.92 Å². The number of fused-ring (bicyclic) bond motifs is 2. The summed E-state index contributed by atoms with van der Waals surface area (Å²) in [4.78, 5) is 28.3. The molecule has 0 saturated carbocycles. The zero-order chi connectivity index (χ0) is 22.8. The number of anilines is 3. The number of carbonyl (C=O) groups is 2. The van der Waals surface area contributed by atoms with Gasteiger partial charge in [-0.3, -0.25) is 4.79 Å². The zero-order valence-electron chi connectivity index (χ0n) is 18.2. The van der Waals surface area contributed by atoms with Crippen molar-refractivity contribution in [1.82, 2.24) is 0 Å². The summed E-state index contributed by atoms with van der Waals surface area (Å²) in [6, 6.07) is 27.3. The molecular formula is C27H23N3O2S. The van der Waals surface area contributed by atoms with Gasteiger partial charge in [0.1, 0.15) is 0 Å². The Morgan fingerprint density at radius 1 is 0.939 bits per heavy atom. The number of thioether (sulfide) groups is 1. The van der Waals surface area contributed by atoms with E-state index in [4.69, 9.17) is 0 Å². The SMILES string of the molecule is Cc1ccc(CN2C(=O)CSc3ccc(NC(=O)Nc4cccc5ccccc45)cc32)cc1. The first kappa shape index (κ1) is 21.1. The molecule has 1 aliphatic heterocycles. The van der Waals surface area contributed by atoms with Gasteiger partial charge in [-0.25, -0.2) is 4.79 Å². The number of nitrogens with one attached hydrogen (secondary N) is 2. The zero-order valence-corrected chi connectivity index (χ0v) is 19.0. The molecule has 3 amide bonds. The first-order chi connectivity index (χ1) is 16.1. The minimum atomic E-state index is -0.328. The van der Waals surface area contributed by atoms with Gasteiger partial charge in [0.15, 0.2) is 0 Å². The lowest BCUT2D eigenvalue weighted by atomic mass is 10.1. The fourth-order valence-corrected chi connectivity index (χ4v) is 4.86. The molecule has 0 radical (unpaired) electrons. The Morgan fingerprint density at radius 3 is 2.58 bits per heavy atom. The predicted octanol–water partition coefficient (Wildman–Crippen LogP) is 6.43. The van der Waals surface area contributed by atoms with E-state index in [1.54, 1.807) is 4.90 Å². The summed E-state index contributed by atoms with van der Waals surface area (Å²) in [6.45, 7) is 2.54. The first-order valence-electron chi connectivity index (χ1n) is 10.8. The molecule has 0 spiro atoms. The van der Waals surface area contributed by atoms with Crippen molar-refractivity contribution in [2.24, 2.45) is 0 Å². The Kier molecular flexibility index (Phi) is 5.75. The largest absolute Gasteiger partial charge is 0.323 e. The van der Waals surface area contributed by atoms with E-state index in [9.17, 15) is 9.59 Å². The van der Waals surface area contributed by atoms with E-state index in [-0.39, 0.29) is 11.9 Å². The minimum Gasteiger partial charge on any atom is -0.308 e. The molecule has 0 unspecified atom stereocenters. The summed E-state index contributed by atoms with van der Waals surface area (Å²) in [5, 5.41) is 7.90. The number of benzene rings is 4. The lowest BCUT2D eigenvalue weighted by molar-refractivity contribution is -0.116. The minimum absolute atomic E-state index is 0.0606. The Labute approximate surface area is 196 Å². The third-order valence-electron chi connectivity index (χ3n) is 5.66. The second-order valence-electron chi connectivity index (χ2n) is 8.04. The van der Waals surface area contributed by atoms with E-state index in [0.717, 1.165) is 32.6 Å². The average molecular weight is 454 g/mol. The van der Waals surface area contributed by atoms with Crippen LogP contribution >= 0.6 is 11.8 Å². The lowest BCUT2D eigenvalue weighted by Gasteiger charge is -2.29. The molecule has 5 nitrogen and oxygen atoms in total. The number of urea groups is 1. The maximum atomic E-state index is 12.8. The predicted molar refractivity (Wildman–Crippen MR) is 136 cm³/mol. The third-order valence-corrected chi connectivity index (χ3v) is 6.71. The average Bonchev–Trinajstić information content (AvgIpc) is 2.82. The molecule has 1 aliphatic rings. The van der Waals surface area contributed by atoms with E-state index in [1.807, 2.05) is 79.7 Å². The number of hydrogen-bond donors (Lipinski definition) is 2. The Balaban J connectivity index is 1.36. The van der Waals surface area contributed by atoms with Gasteiger partial charge in [0.2, 0.25) is 5.91 Å². The van der Waals surface area contributed by atoms with E-state index in [1.165, 1.54) is 17.3 Å². The summed E-state index contributed by atoms with van der Waals surface area (Å²) in [5.74, 6) is 0.471. The first-order valence-corrected chi connectivity index (χ1v) is 11.7. The molecule has 4 aromatic carbocycles. The number of rotatable bonds is 4. The highest BCUT2D eigenvalue weighted by Crippen LogP contribution is 2.38. The smallest absolute Gasteiger partial charge is 0.308 e. The van der Waals surface area contributed by atoms with Crippen LogP contribution in [0.15, 0.2) is 89.8 Å². The normalized spacial score (nSPS) is 13.0. The molecule has 0 fully saturated rings. The molecule has 0 saturated heterocycles. The molecule has 2 N–H and O–H groups in total. The summed E-state index contributed by atoms with van der Waals surface area (Å²) in [7, 11) is 0. The van der Waals surface area contributed by atoms with Gasteiger partial charge in [0.25, 0.3) is 0 Å². The molecule has 164 valence electrons. The van der Waals surface area contributed by atoms with Gasteiger partial charge in [-0.15, -0.1) is 11.8 Å². The topological polar surface area (TPSA) is 61.4 Å². The Bertz CT molecular complexity index is 1350. The van der Waals surface area contributed by atoms with Crippen molar-refractivity contribution in [3.63, 3.8) is 0 Å². The van der Waals surface area contributed by atoms with Crippen LogP contribution in [0.25, 0.3) is 10.8 Å². The number of amides is 3. The number of nitrogens with zero attached hydrogens (tertiary/aromatic N) is 1. The quantitative estimate of drug-likeness (QED) is 0.374. The molecule has 0 aliphatic carbocycles. The van der Waals surface area contributed by atoms with Gasteiger partial charge in [-0.2, -0.15) is 0 Å². The van der Waals surface area contributed by atoms with Crippen LogP contribution in [-0.2, 0) is 11.3 Å². The standard InChI is InChI=1S/C27H23N3O2S/c1-18-9-11-19(12-10-18)16-30-24-15-21(13-14-25(24)33-17-26(30)31)28-27(32)29-23-8-4-6-20-5-2-3-7-22(20)23/h2-15H,16-17H2,1H3,(H2,28,29,32). The second kappa shape index (κ2) is 9.00. The molecule has 6 heteroatoms. The summed E-state index contributed by atoms with van der Waals surface area (Å²) in [6.07, 6.45) is 0. The van der Waals surface area contributed by atoms with Crippen LogP contribution in [0.2, 0.25) is 0 Å². The van der Waals surface area contributed by atoms with Crippen molar-refractivity contribution in [2.45, 2.75) is 18.4 Å². The van der Waals surface area contributed by atoms with E-state index < -0.39 is 0 Å². The second-order valence-corrected chi connectivity index (χ2v) is 9.06.